The Kier molecular flexibility index (Phi) is 6.05. The number of anilines is 2. The van der Waals surface area contributed by atoms with Crippen molar-refractivity contribution in [3.63, 3.8) is 0 Å². The van der Waals surface area contributed by atoms with Crippen LogP contribution >= 0.6 is 0 Å². The van der Waals surface area contributed by atoms with Crippen LogP contribution in [0.3, 0.4) is 0 Å². The summed E-state index contributed by atoms with van der Waals surface area (Å²) in [6.07, 6.45) is 1.74. The minimum absolute atomic E-state index is 0.128. The minimum Gasteiger partial charge on any atom is -0.383 e. The zero-order valence-corrected chi connectivity index (χ0v) is 16.0. The highest BCUT2D eigenvalue weighted by molar-refractivity contribution is 5.95. The Morgan fingerprint density at radius 2 is 1.96 bits per heavy atom. The molecule has 2 aromatic rings. The van der Waals surface area contributed by atoms with Crippen LogP contribution in [-0.4, -0.2) is 61.0 Å². The van der Waals surface area contributed by atoms with Crippen molar-refractivity contribution in [3.05, 3.63) is 57.8 Å². The van der Waals surface area contributed by atoms with Gasteiger partial charge in [-0.05, 0) is 36.9 Å². The average Bonchev–Trinajstić information content (AvgIpc) is 2.72. The number of nitrogens with zero attached hydrogens (tertiary/aromatic N) is 4. The van der Waals surface area contributed by atoms with Crippen molar-refractivity contribution in [1.82, 2.24) is 15.2 Å². The lowest BCUT2D eigenvalue weighted by molar-refractivity contribution is -0.384. The summed E-state index contributed by atoms with van der Waals surface area (Å²) in [7, 11) is 3.70. The maximum atomic E-state index is 12.4. The maximum Gasteiger partial charge on any atom is 0.293 e. The lowest BCUT2D eigenvalue weighted by atomic mass is 10.1. The van der Waals surface area contributed by atoms with Crippen LogP contribution in [-0.2, 0) is 6.54 Å². The molecule has 0 aliphatic carbocycles. The van der Waals surface area contributed by atoms with E-state index in [0.29, 0.717) is 12.2 Å². The van der Waals surface area contributed by atoms with Crippen molar-refractivity contribution in [2.24, 2.45) is 0 Å². The fourth-order valence-corrected chi connectivity index (χ4v) is 3.10. The SMILES string of the molecule is CNc1ccc(C(=O)NCc2ccnc(N3CCN(C)CC3)c2)cc1[N+](=O)[O-]. The summed E-state index contributed by atoms with van der Waals surface area (Å²) in [5.74, 6) is 0.539. The van der Waals surface area contributed by atoms with E-state index >= 15 is 0 Å². The molecule has 148 valence electrons. The number of rotatable bonds is 6. The predicted molar refractivity (Wildman–Crippen MR) is 108 cm³/mol. The molecule has 9 nitrogen and oxygen atoms in total. The lowest BCUT2D eigenvalue weighted by Gasteiger charge is -2.33. The van der Waals surface area contributed by atoms with E-state index in [1.54, 1.807) is 19.3 Å². The molecular formula is C19H24N6O3. The average molecular weight is 384 g/mol. The number of carbonyl (C=O) groups is 1. The van der Waals surface area contributed by atoms with E-state index in [-0.39, 0.29) is 17.2 Å². The number of hydrogen-bond acceptors (Lipinski definition) is 7. The molecule has 2 heterocycles. The van der Waals surface area contributed by atoms with Gasteiger partial charge in [0.05, 0.1) is 4.92 Å². The van der Waals surface area contributed by atoms with Gasteiger partial charge in [0.25, 0.3) is 11.6 Å². The quantitative estimate of drug-likeness (QED) is 0.577. The number of piperazine rings is 1. The Morgan fingerprint density at radius 3 is 2.64 bits per heavy atom. The van der Waals surface area contributed by atoms with Gasteiger partial charge in [-0.15, -0.1) is 0 Å². The molecule has 0 bridgehead atoms. The first-order chi connectivity index (χ1) is 13.5. The molecule has 0 radical (unpaired) electrons. The van der Waals surface area contributed by atoms with Gasteiger partial charge in [0.1, 0.15) is 11.5 Å². The molecule has 1 saturated heterocycles. The van der Waals surface area contributed by atoms with E-state index in [2.05, 4.69) is 32.5 Å². The highest BCUT2D eigenvalue weighted by atomic mass is 16.6. The van der Waals surface area contributed by atoms with Crippen LogP contribution in [0.15, 0.2) is 36.5 Å². The van der Waals surface area contributed by atoms with E-state index in [4.69, 9.17) is 0 Å². The lowest BCUT2D eigenvalue weighted by Crippen LogP contribution is -2.44. The zero-order chi connectivity index (χ0) is 20.1. The molecule has 1 amide bonds. The predicted octanol–water partition coefficient (Wildman–Crippen LogP) is 1.71. The second-order valence-corrected chi connectivity index (χ2v) is 6.73. The molecule has 1 aromatic heterocycles. The minimum atomic E-state index is -0.506. The van der Waals surface area contributed by atoms with Crippen LogP contribution in [0.1, 0.15) is 15.9 Å². The molecular weight excluding hydrogens is 360 g/mol. The van der Waals surface area contributed by atoms with Gasteiger partial charge in [0.15, 0.2) is 0 Å². The normalized spacial score (nSPS) is 14.6. The Balaban J connectivity index is 1.66. The number of nitrogens with one attached hydrogen (secondary N) is 2. The van der Waals surface area contributed by atoms with Crippen LogP contribution in [0, 0.1) is 10.1 Å². The molecule has 0 atom stereocenters. The Morgan fingerprint density at radius 1 is 1.21 bits per heavy atom. The van der Waals surface area contributed by atoms with Gasteiger partial charge >= 0.3 is 0 Å². The van der Waals surface area contributed by atoms with Crippen LogP contribution in [0.5, 0.6) is 0 Å². The number of likely N-dealkylation sites (N-methyl/N-ethyl adjacent to an activating group) is 1. The highest BCUT2D eigenvalue weighted by Crippen LogP contribution is 2.25. The Labute approximate surface area is 163 Å². The number of pyridine rings is 1. The van der Waals surface area contributed by atoms with Crippen molar-refractivity contribution >= 4 is 23.1 Å². The Bertz CT molecular complexity index is 864. The van der Waals surface area contributed by atoms with Crippen molar-refractivity contribution < 1.29 is 9.72 Å². The third-order valence-corrected chi connectivity index (χ3v) is 4.82. The van der Waals surface area contributed by atoms with E-state index in [1.807, 2.05) is 12.1 Å². The molecule has 1 aliphatic rings. The molecule has 0 spiro atoms. The van der Waals surface area contributed by atoms with Gasteiger partial charge in [0.2, 0.25) is 0 Å². The molecule has 9 heteroatoms. The summed E-state index contributed by atoms with van der Waals surface area (Å²) in [5, 5.41) is 16.7. The van der Waals surface area contributed by atoms with Crippen LogP contribution in [0.2, 0.25) is 0 Å². The molecule has 28 heavy (non-hydrogen) atoms. The van der Waals surface area contributed by atoms with Crippen molar-refractivity contribution in [2.45, 2.75) is 6.54 Å². The second kappa shape index (κ2) is 8.66. The summed E-state index contributed by atoms with van der Waals surface area (Å²) < 4.78 is 0. The summed E-state index contributed by atoms with van der Waals surface area (Å²) in [4.78, 5) is 32.0. The molecule has 1 aromatic carbocycles. The first kappa shape index (κ1) is 19.6. The third-order valence-electron chi connectivity index (χ3n) is 4.82. The number of amides is 1. The van der Waals surface area contributed by atoms with Gasteiger partial charge in [-0.3, -0.25) is 14.9 Å². The topological polar surface area (TPSA) is 104 Å². The maximum absolute atomic E-state index is 12.4. The molecule has 1 fully saturated rings. The summed E-state index contributed by atoms with van der Waals surface area (Å²) in [5.41, 5.74) is 1.42. The van der Waals surface area contributed by atoms with E-state index in [0.717, 1.165) is 37.6 Å². The monoisotopic (exact) mass is 384 g/mol. The third kappa shape index (κ3) is 4.55. The number of hydrogen-bond donors (Lipinski definition) is 2. The Hall–Kier alpha value is -3.20. The highest BCUT2D eigenvalue weighted by Gasteiger charge is 2.18. The first-order valence-corrected chi connectivity index (χ1v) is 9.10. The van der Waals surface area contributed by atoms with Crippen molar-refractivity contribution in [2.75, 3.05) is 50.5 Å². The number of nitro benzene ring substituents is 1. The molecule has 3 rings (SSSR count). The number of nitro groups is 1. The van der Waals surface area contributed by atoms with Crippen LogP contribution in [0.25, 0.3) is 0 Å². The van der Waals surface area contributed by atoms with Gasteiger partial charge in [-0.25, -0.2) is 4.98 Å². The zero-order valence-electron chi connectivity index (χ0n) is 16.0. The number of aromatic nitrogens is 1. The van der Waals surface area contributed by atoms with Gasteiger partial charge < -0.3 is 20.4 Å². The summed E-state index contributed by atoms with van der Waals surface area (Å²) >= 11 is 0. The standard InChI is InChI=1S/C19H24N6O3/c1-20-16-4-3-15(12-17(16)25(27)28)19(26)22-13-14-5-6-21-18(11-14)24-9-7-23(2)8-10-24/h3-6,11-12,20H,7-10,13H2,1-2H3,(H,22,26). The van der Waals surface area contributed by atoms with E-state index in [9.17, 15) is 14.9 Å². The van der Waals surface area contributed by atoms with Crippen LogP contribution < -0.4 is 15.5 Å². The fraction of sp³-hybridized carbons (Fsp3) is 0.368. The molecule has 1 aliphatic heterocycles. The number of benzene rings is 1. The van der Waals surface area contributed by atoms with Gasteiger partial charge in [-0.1, -0.05) is 0 Å². The van der Waals surface area contributed by atoms with E-state index in [1.165, 1.54) is 12.1 Å². The summed E-state index contributed by atoms with van der Waals surface area (Å²) in [6, 6.07) is 8.20. The second-order valence-electron chi connectivity index (χ2n) is 6.73. The van der Waals surface area contributed by atoms with Crippen LogP contribution in [0.4, 0.5) is 17.2 Å². The smallest absolute Gasteiger partial charge is 0.293 e. The largest absolute Gasteiger partial charge is 0.383 e. The number of carbonyl (C=O) groups excluding carboxylic acids is 1. The molecule has 0 unspecified atom stereocenters. The van der Waals surface area contributed by atoms with Crippen molar-refractivity contribution in [3.8, 4) is 0 Å². The van der Waals surface area contributed by atoms with E-state index < -0.39 is 4.92 Å². The summed E-state index contributed by atoms with van der Waals surface area (Å²) in [6.45, 7) is 4.14. The molecule has 2 N–H and O–H groups in total. The molecule has 0 saturated carbocycles. The first-order valence-electron chi connectivity index (χ1n) is 9.10. The van der Waals surface area contributed by atoms with Gasteiger partial charge in [0, 0.05) is 57.6 Å². The van der Waals surface area contributed by atoms with Gasteiger partial charge in [-0.2, -0.15) is 0 Å². The fourth-order valence-electron chi connectivity index (χ4n) is 3.10. The van der Waals surface area contributed by atoms with Crippen molar-refractivity contribution in [1.29, 1.82) is 0 Å².